The van der Waals surface area contributed by atoms with Crippen molar-refractivity contribution in [1.29, 1.82) is 0 Å². The smallest absolute Gasteiger partial charge is 0.122 e. The second-order valence-corrected chi connectivity index (χ2v) is 3.02. The van der Waals surface area contributed by atoms with Crippen LogP contribution in [0.2, 0.25) is 0 Å². The zero-order valence-corrected chi connectivity index (χ0v) is 8.88. The monoisotopic (exact) mass is 198 g/mol. The summed E-state index contributed by atoms with van der Waals surface area (Å²) in [6, 6.07) is 0. The van der Waals surface area contributed by atoms with E-state index in [1.54, 1.807) is 6.92 Å². The summed E-state index contributed by atoms with van der Waals surface area (Å²) in [6.07, 6.45) is 1.98. The molecule has 1 unspecified atom stereocenters. The lowest BCUT2D eigenvalue weighted by atomic mass is 10.1. The zero-order valence-electron chi connectivity index (χ0n) is 8.88. The lowest BCUT2D eigenvalue weighted by Crippen LogP contribution is -2.19. The Kier molecular flexibility index (Phi) is 6.91. The van der Waals surface area contributed by atoms with Crippen LogP contribution in [0.4, 0.5) is 0 Å². The fraction of sp³-hybridized carbons (Fsp3) is 0.636. The van der Waals surface area contributed by atoms with Gasteiger partial charge in [-0.1, -0.05) is 25.3 Å². The van der Waals surface area contributed by atoms with Gasteiger partial charge in [0.15, 0.2) is 0 Å². The Balaban J connectivity index is 3.47. The van der Waals surface area contributed by atoms with Gasteiger partial charge in [-0.05, 0) is 13.3 Å². The van der Waals surface area contributed by atoms with Crippen molar-refractivity contribution in [1.82, 2.24) is 0 Å². The van der Waals surface area contributed by atoms with Gasteiger partial charge in [-0.3, -0.25) is 0 Å². The topological polar surface area (TPSA) is 38.7 Å². The fourth-order valence-electron chi connectivity index (χ4n) is 0.628. The van der Waals surface area contributed by atoms with E-state index in [0.717, 1.165) is 0 Å². The molecular formula is C11H18O3. The molecule has 0 aromatic heterocycles. The molecule has 0 aliphatic carbocycles. The number of hydrogen-bond acceptors (Lipinski definition) is 3. The van der Waals surface area contributed by atoms with Crippen molar-refractivity contribution in [3.05, 3.63) is 12.8 Å². The maximum atomic E-state index is 9.50. The van der Waals surface area contributed by atoms with Crippen molar-refractivity contribution in [2.24, 2.45) is 0 Å². The summed E-state index contributed by atoms with van der Waals surface area (Å²) in [4.78, 5) is 0. The van der Waals surface area contributed by atoms with Gasteiger partial charge in [-0.2, -0.15) is 0 Å². The van der Waals surface area contributed by atoms with Crippen molar-refractivity contribution in [2.75, 3.05) is 19.8 Å². The van der Waals surface area contributed by atoms with Gasteiger partial charge < -0.3 is 14.6 Å². The number of rotatable bonds is 6. The maximum Gasteiger partial charge on any atom is 0.122 e. The lowest BCUT2D eigenvalue weighted by Gasteiger charge is -2.11. The minimum atomic E-state index is -0.902. The largest absolute Gasteiger partial charge is 0.499 e. The van der Waals surface area contributed by atoms with Crippen LogP contribution < -0.4 is 0 Å². The molecule has 1 N–H and O–H groups in total. The van der Waals surface area contributed by atoms with Crippen LogP contribution in [-0.4, -0.2) is 30.5 Å². The van der Waals surface area contributed by atoms with Crippen LogP contribution in [0.1, 0.15) is 20.3 Å². The predicted molar refractivity (Wildman–Crippen MR) is 55.7 cm³/mol. The number of hydrogen-bond donors (Lipinski definition) is 1. The summed E-state index contributed by atoms with van der Waals surface area (Å²) < 4.78 is 9.96. The molecular weight excluding hydrogens is 180 g/mol. The van der Waals surface area contributed by atoms with E-state index < -0.39 is 5.60 Å². The van der Waals surface area contributed by atoms with E-state index in [4.69, 9.17) is 9.47 Å². The molecule has 0 bridgehead atoms. The molecule has 0 amide bonds. The third kappa shape index (κ3) is 7.66. The first kappa shape index (κ1) is 13.0. The van der Waals surface area contributed by atoms with E-state index in [1.807, 2.05) is 6.92 Å². The minimum Gasteiger partial charge on any atom is -0.499 e. The second kappa shape index (κ2) is 7.43. The van der Waals surface area contributed by atoms with Crippen LogP contribution in [0.3, 0.4) is 0 Å². The third-order valence-electron chi connectivity index (χ3n) is 1.68. The van der Waals surface area contributed by atoms with Crippen LogP contribution in [0.25, 0.3) is 0 Å². The van der Waals surface area contributed by atoms with Crippen LogP contribution in [0, 0.1) is 11.8 Å². The molecule has 0 saturated carbocycles. The van der Waals surface area contributed by atoms with Gasteiger partial charge in [0, 0.05) is 0 Å². The Morgan fingerprint density at radius 3 is 2.79 bits per heavy atom. The molecule has 0 aliphatic heterocycles. The van der Waals surface area contributed by atoms with Gasteiger partial charge in [-0.15, -0.1) is 0 Å². The first-order valence-electron chi connectivity index (χ1n) is 4.65. The molecule has 3 heteroatoms. The zero-order chi connectivity index (χ0) is 10.9. The Labute approximate surface area is 85.7 Å². The summed E-state index contributed by atoms with van der Waals surface area (Å²) in [5.41, 5.74) is -0.902. The molecule has 14 heavy (non-hydrogen) atoms. The van der Waals surface area contributed by atoms with E-state index in [2.05, 4.69) is 18.4 Å². The van der Waals surface area contributed by atoms with Crippen molar-refractivity contribution < 1.29 is 14.6 Å². The SMILES string of the molecule is C=COCCOCC#CC(C)(O)CC. The standard InChI is InChI=1S/C11H18O3/c1-4-11(3,12)7-6-8-14-10-9-13-5-2/h5,12H,2,4,8-10H2,1,3H3. The van der Waals surface area contributed by atoms with Crippen molar-refractivity contribution >= 4 is 0 Å². The molecule has 0 spiro atoms. The molecule has 0 fully saturated rings. The molecule has 3 nitrogen and oxygen atoms in total. The summed E-state index contributed by atoms with van der Waals surface area (Å²) in [6.45, 7) is 8.24. The molecule has 0 aliphatic rings. The lowest BCUT2D eigenvalue weighted by molar-refractivity contribution is 0.103. The first-order valence-corrected chi connectivity index (χ1v) is 4.65. The first-order chi connectivity index (χ1) is 6.62. The van der Waals surface area contributed by atoms with E-state index in [1.165, 1.54) is 6.26 Å². The van der Waals surface area contributed by atoms with Crippen molar-refractivity contribution in [2.45, 2.75) is 25.9 Å². The molecule has 0 heterocycles. The summed E-state index contributed by atoms with van der Waals surface area (Å²) >= 11 is 0. The Morgan fingerprint density at radius 2 is 2.21 bits per heavy atom. The summed E-state index contributed by atoms with van der Waals surface area (Å²) in [7, 11) is 0. The minimum absolute atomic E-state index is 0.316. The van der Waals surface area contributed by atoms with Crippen LogP contribution >= 0.6 is 0 Å². The Hall–Kier alpha value is -0.980. The van der Waals surface area contributed by atoms with Gasteiger partial charge in [0.2, 0.25) is 0 Å². The molecule has 0 radical (unpaired) electrons. The van der Waals surface area contributed by atoms with Gasteiger partial charge in [0.25, 0.3) is 0 Å². The highest BCUT2D eigenvalue weighted by atomic mass is 16.5. The average Bonchev–Trinajstić information content (AvgIpc) is 2.16. The summed E-state index contributed by atoms with van der Waals surface area (Å²) in [5, 5.41) is 9.50. The van der Waals surface area contributed by atoms with E-state index in [-0.39, 0.29) is 0 Å². The molecule has 0 aromatic carbocycles. The molecule has 80 valence electrons. The molecule has 0 saturated heterocycles. The molecule has 0 rings (SSSR count). The number of aliphatic hydroxyl groups is 1. The van der Waals surface area contributed by atoms with Gasteiger partial charge in [0.05, 0.1) is 12.9 Å². The van der Waals surface area contributed by atoms with Crippen LogP contribution in [0.15, 0.2) is 12.8 Å². The fourth-order valence-corrected chi connectivity index (χ4v) is 0.628. The normalized spacial score (nSPS) is 13.6. The maximum absolute atomic E-state index is 9.50. The highest BCUT2D eigenvalue weighted by Crippen LogP contribution is 2.04. The van der Waals surface area contributed by atoms with E-state index in [0.29, 0.717) is 26.2 Å². The molecule has 1 atom stereocenters. The number of ether oxygens (including phenoxy) is 2. The quantitative estimate of drug-likeness (QED) is 0.397. The highest BCUT2D eigenvalue weighted by molar-refractivity contribution is 5.11. The van der Waals surface area contributed by atoms with E-state index in [9.17, 15) is 5.11 Å². The van der Waals surface area contributed by atoms with Gasteiger partial charge in [0.1, 0.15) is 18.8 Å². The van der Waals surface area contributed by atoms with Crippen molar-refractivity contribution in [3.8, 4) is 11.8 Å². The van der Waals surface area contributed by atoms with Gasteiger partial charge in [-0.25, -0.2) is 0 Å². The molecule has 0 aromatic rings. The predicted octanol–water partition coefficient (Wildman–Crippen LogP) is 1.33. The van der Waals surface area contributed by atoms with E-state index >= 15 is 0 Å². The average molecular weight is 198 g/mol. The highest BCUT2D eigenvalue weighted by Gasteiger charge is 2.11. The second-order valence-electron chi connectivity index (χ2n) is 3.02. The Bertz CT molecular complexity index is 210. The van der Waals surface area contributed by atoms with Gasteiger partial charge >= 0.3 is 0 Å². The third-order valence-corrected chi connectivity index (χ3v) is 1.68. The summed E-state index contributed by atoms with van der Waals surface area (Å²) in [5.74, 6) is 5.47. The van der Waals surface area contributed by atoms with Crippen molar-refractivity contribution in [3.63, 3.8) is 0 Å². The van der Waals surface area contributed by atoms with Crippen LogP contribution in [0.5, 0.6) is 0 Å². The van der Waals surface area contributed by atoms with Crippen LogP contribution in [-0.2, 0) is 9.47 Å². The Morgan fingerprint density at radius 1 is 1.50 bits per heavy atom.